The van der Waals surface area contributed by atoms with Gasteiger partial charge in [-0.2, -0.15) is 0 Å². The van der Waals surface area contributed by atoms with E-state index in [2.05, 4.69) is 4.98 Å². The molecule has 0 bridgehead atoms. The van der Waals surface area contributed by atoms with Crippen LogP contribution in [0.5, 0.6) is 0 Å². The van der Waals surface area contributed by atoms with Crippen LogP contribution in [0.2, 0.25) is 5.02 Å². The molecule has 0 radical (unpaired) electrons. The summed E-state index contributed by atoms with van der Waals surface area (Å²) in [5.41, 5.74) is -1.13. The van der Waals surface area contributed by atoms with E-state index in [1.807, 2.05) is 0 Å². The first kappa shape index (κ1) is 16.0. The molecule has 0 aliphatic rings. The second-order valence-electron chi connectivity index (χ2n) is 4.37. The van der Waals surface area contributed by atoms with E-state index in [0.29, 0.717) is 10.0 Å². The quantitative estimate of drug-likeness (QED) is 0.459. The molecule has 0 spiro atoms. The highest BCUT2D eigenvalue weighted by atomic mass is 35.5. The number of ketones is 1. The fourth-order valence-electron chi connectivity index (χ4n) is 1.19. The Morgan fingerprint density at radius 1 is 1.42 bits per heavy atom. The van der Waals surface area contributed by atoms with Crippen LogP contribution in [0.1, 0.15) is 20.8 Å². The minimum Gasteiger partial charge on any atom is -0.465 e. The van der Waals surface area contributed by atoms with Gasteiger partial charge in [-0.05, 0) is 32.9 Å². The summed E-state index contributed by atoms with van der Waals surface area (Å²) >= 11 is 7.00. The number of pyridine rings is 1. The summed E-state index contributed by atoms with van der Waals surface area (Å²) in [5, 5.41) is 1.24. The maximum atomic E-state index is 12.0. The summed E-state index contributed by atoms with van der Waals surface area (Å²) in [6.07, 6.45) is 1.52. The molecule has 1 rings (SSSR count). The molecule has 0 aliphatic heterocycles. The molecule has 4 nitrogen and oxygen atoms in total. The van der Waals surface area contributed by atoms with E-state index in [9.17, 15) is 9.59 Å². The van der Waals surface area contributed by atoms with Gasteiger partial charge in [0, 0.05) is 6.20 Å². The topological polar surface area (TPSA) is 56.3 Å². The Morgan fingerprint density at radius 3 is 2.63 bits per heavy atom. The Bertz CT molecular complexity index is 459. The molecular formula is C13H16ClNO3S. The van der Waals surface area contributed by atoms with Gasteiger partial charge in [-0.15, -0.1) is 0 Å². The molecule has 1 heterocycles. The van der Waals surface area contributed by atoms with Crippen LogP contribution in [-0.4, -0.2) is 29.1 Å². The monoisotopic (exact) mass is 301 g/mol. The summed E-state index contributed by atoms with van der Waals surface area (Å²) in [4.78, 5) is 27.8. The number of ether oxygens (including phenoxy) is 1. The average molecular weight is 302 g/mol. The maximum absolute atomic E-state index is 12.0. The van der Waals surface area contributed by atoms with E-state index in [1.165, 1.54) is 18.0 Å². The van der Waals surface area contributed by atoms with Gasteiger partial charge in [0.05, 0.1) is 22.4 Å². The van der Waals surface area contributed by atoms with Crippen molar-refractivity contribution in [3.05, 3.63) is 23.4 Å². The van der Waals surface area contributed by atoms with Gasteiger partial charge in [0.1, 0.15) is 5.41 Å². The Morgan fingerprint density at radius 2 is 2.11 bits per heavy atom. The van der Waals surface area contributed by atoms with Gasteiger partial charge in [0.25, 0.3) is 0 Å². The van der Waals surface area contributed by atoms with Gasteiger partial charge >= 0.3 is 5.97 Å². The first-order valence-corrected chi connectivity index (χ1v) is 7.19. The molecule has 0 saturated heterocycles. The number of Topliss-reactive ketones (excluding diaryl/α,β-unsaturated/α-hetero) is 1. The van der Waals surface area contributed by atoms with Crippen molar-refractivity contribution >= 4 is 35.1 Å². The second-order valence-corrected chi connectivity index (χ2v) is 5.80. The van der Waals surface area contributed by atoms with Gasteiger partial charge in [0.2, 0.25) is 0 Å². The molecule has 0 saturated carbocycles. The lowest BCUT2D eigenvalue weighted by atomic mass is 9.89. The van der Waals surface area contributed by atoms with Crippen molar-refractivity contribution in [3.8, 4) is 0 Å². The van der Waals surface area contributed by atoms with Crippen molar-refractivity contribution in [1.82, 2.24) is 4.98 Å². The Kier molecular flexibility index (Phi) is 5.82. The van der Waals surface area contributed by atoms with Crippen molar-refractivity contribution in [2.75, 3.05) is 12.4 Å². The first-order valence-electron chi connectivity index (χ1n) is 5.82. The number of carbonyl (C=O) groups is 2. The highest BCUT2D eigenvalue weighted by Gasteiger charge is 2.36. The molecule has 0 unspecified atom stereocenters. The van der Waals surface area contributed by atoms with Gasteiger partial charge in [-0.3, -0.25) is 9.59 Å². The molecule has 1 aromatic heterocycles. The molecule has 104 valence electrons. The van der Waals surface area contributed by atoms with Gasteiger partial charge < -0.3 is 4.74 Å². The van der Waals surface area contributed by atoms with Gasteiger partial charge in [-0.1, -0.05) is 23.4 Å². The zero-order chi connectivity index (χ0) is 14.5. The predicted octanol–water partition coefficient (Wildman–Crippen LogP) is 2.99. The van der Waals surface area contributed by atoms with Crippen molar-refractivity contribution < 1.29 is 14.3 Å². The molecule has 1 aromatic rings. The van der Waals surface area contributed by atoms with E-state index in [4.69, 9.17) is 16.3 Å². The number of halogens is 1. The largest absolute Gasteiger partial charge is 0.465 e. The molecule has 0 amide bonds. The van der Waals surface area contributed by atoms with Crippen molar-refractivity contribution in [2.24, 2.45) is 5.41 Å². The second kappa shape index (κ2) is 6.91. The number of esters is 1. The average Bonchev–Trinajstić information content (AvgIpc) is 2.37. The summed E-state index contributed by atoms with van der Waals surface area (Å²) in [7, 11) is 0. The Hall–Kier alpha value is -1.07. The smallest absolute Gasteiger partial charge is 0.319 e. The normalized spacial score (nSPS) is 11.2. The molecular weight excluding hydrogens is 286 g/mol. The molecule has 0 aromatic carbocycles. The highest BCUT2D eigenvalue weighted by molar-refractivity contribution is 7.99. The summed E-state index contributed by atoms with van der Waals surface area (Å²) < 4.78 is 4.89. The number of nitrogens with zero attached hydrogens (tertiary/aromatic N) is 1. The van der Waals surface area contributed by atoms with E-state index in [1.54, 1.807) is 32.9 Å². The number of carbonyl (C=O) groups excluding carboxylic acids is 2. The molecule has 0 fully saturated rings. The van der Waals surface area contributed by atoms with Crippen LogP contribution in [0.15, 0.2) is 23.4 Å². The zero-order valence-electron chi connectivity index (χ0n) is 11.1. The lowest BCUT2D eigenvalue weighted by molar-refractivity contribution is -0.157. The van der Waals surface area contributed by atoms with Gasteiger partial charge in [0.15, 0.2) is 5.78 Å². The van der Waals surface area contributed by atoms with Crippen LogP contribution in [0.3, 0.4) is 0 Å². The predicted molar refractivity (Wildman–Crippen MR) is 75.4 cm³/mol. The Labute approximate surface area is 121 Å². The van der Waals surface area contributed by atoms with Crippen LogP contribution in [0.25, 0.3) is 0 Å². The molecule has 0 aliphatic carbocycles. The third-order valence-electron chi connectivity index (χ3n) is 2.53. The SMILES string of the molecule is CCOC(=O)C(C)(C)C(=O)CSc1ccc(Cl)cn1. The standard InChI is InChI=1S/C13H16ClNO3S/c1-4-18-12(17)13(2,3)10(16)8-19-11-6-5-9(14)7-15-11/h5-7H,4,8H2,1-3H3. The minimum absolute atomic E-state index is 0.167. The van der Waals surface area contributed by atoms with E-state index in [0.717, 1.165) is 0 Å². The zero-order valence-corrected chi connectivity index (χ0v) is 12.7. The lowest BCUT2D eigenvalue weighted by Gasteiger charge is -2.20. The fourth-order valence-corrected chi connectivity index (χ4v) is 2.24. The van der Waals surface area contributed by atoms with Crippen LogP contribution in [0, 0.1) is 5.41 Å². The van der Waals surface area contributed by atoms with Crippen molar-refractivity contribution in [2.45, 2.75) is 25.8 Å². The molecule has 6 heteroatoms. The minimum atomic E-state index is -1.13. The van der Waals surface area contributed by atoms with Crippen molar-refractivity contribution in [3.63, 3.8) is 0 Å². The summed E-state index contributed by atoms with van der Waals surface area (Å²) in [6.45, 7) is 5.12. The van der Waals surface area contributed by atoms with Crippen LogP contribution >= 0.6 is 23.4 Å². The third kappa shape index (κ3) is 4.51. The van der Waals surface area contributed by atoms with Crippen molar-refractivity contribution in [1.29, 1.82) is 0 Å². The highest BCUT2D eigenvalue weighted by Crippen LogP contribution is 2.24. The van der Waals surface area contributed by atoms with Crippen LogP contribution < -0.4 is 0 Å². The molecule has 19 heavy (non-hydrogen) atoms. The lowest BCUT2D eigenvalue weighted by Crippen LogP contribution is -2.36. The number of aromatic nitrogens is 1. The van der Waals surface area contributed by atoms with Crippen LogP contribution in [0.4, 0.5) is 0 Å². The third-order valence-corrected chi connectivity index (χ3v) is 3.70. The van der Waals surface area contributed by atoms with E-state index < -0.39 is 11.4 Å². The van der Waals surface area contributed by atoms with Crippen LogP contribution in [-0.2, 0) is 14.3 Å². The summed E-state index contributed by atoms with van der Waals surface area (Å²) in [6, 6.07) is 3.44. The fraction of sp³-hybridized carbons (Fsp3) is 0.462. The first-order chi connectivity index (χ1) is 8.87. The maximum Gasteiger partial charge on any atom is 0.319 e. The Balaban J connectivity index is 2.59. The molecule has 0 N–H and O–H groups in total. The van der Waals surface area contributed by atoms with E-state index >= 15 is 0 Å². The number of thioether (sulfide) groups is 1. The van der Waals surface area contributed by atoms with Gasteiger partial charge in [-0.25, -0.2) is 4.98 Å². The number of hydrogen-bond donors (Lipinski definition) is 0. The number of hydrogen-bond acceptors (Lipinski definition) is 5. The van der Waals surface area contributed by atoms with E-state index in [-0.39, 0.29) is 18.1 Å². The number of rotatable bonds is 6. The molecule has 0 atom stereocenters. The summed E-state index contributed by atoms with van der Waals surface area (Å²) in [5.74, 6) is -0.516.